The fourth-order valence-electron chi connectivity index (χ4n) is 1.54. The van der Waals surface area contributed by atoms with Crippen LogP contribution in [0, 0.1) is 0 Å². The molecule has 0 N–H and O–H groups in total. The molecule has 0 saturated heterocycles. The minimum Gasteiger partial charge on any atom is -0.448 e. The van der Waals surface area contributed by atoms with Crippen LogP contribution in [0.1, 0.15) is 0 Å². The van der Waals surface area contributed by atoms with Crippen LogP contribution < -0.4 is 9.47 Å². The first-order valence-electron chi connectivity index (χ1n) is 4.68. The van der Waals surface area contributed by atoms with Crippen molar-refractivity contribution in [2.75, 3.05) is 0 Å². The van der Waals surface area contributed by atoms with E-state index in [2.05, 4.69) is 15.9 Å². The SMILES string of the molecule is Clc1ccc(Br)c2c1Oc1ccccc1O2. The summed E-state index contributed by atoms with van der Waals surface area (Å²) in [5.74, 6) is 2.54. The lowest BCUT2D eigenvalue weighted by atomic mass is 10.2. The van der Waals surface area contributed by atoms with Gasteiger partial charge in [0.1, 0.15) is 0 Å². The van der Waals surface area contributed by atoms with Crippen molar-refractivity contribution in [3.05, 3.63) is 45.9 Å². The van der Waals surface area contributed by atoms with Gasteiger partial charge >= 0.3 is 0 Å². The van der Waals surface area contributed by atoms with Crippen molar-refractivity contribution >= 4 is 27.5 Å². The molecule has 0 spiro atoms. The molecule has 0 aliphatic carbocycles. The van der Waals surface area contributed by atoms with Gasteiger partial charge in [-0.15, -0.1) is 0 Å². The summed E-state index contributed by atoms with van der Waals surface area (Å²) in [4.78, 5) is 0. The Kier molecular flexibility index (Phi) is 2.30. The summed E-state index contributed by atoms with van der Waals surface area (Å²) in [5, 5.41) is 0.535. The zero-order valence-corrected chi connectivity index (χ0v) is 10.4. The topological polar surface area (TPSA) is 18.5 Å². The normalized spacial score (nSPS) is 12.1. The highest BCUT2D eigenvalue weighted by Crippen LogP contribution is 2.51. The van der Waals surface area contributed by atoms with Crippen molar-refractivity contribution in [2.45, 2.75) is 0 Å². The van der Waals surface area contributed by atoms with Gasteiger partial charge in [-0.1, -0.05) is 23.7 Å². The van der Waals surface area contributed by atoms with Gasteiger partial charge in [-0.3, -0.25) is 0 Å². The molecule has 2 aromatic rings. The van der Waals surface area contributed by atoms with E-state index in [4.69, 9.17) is 21.1 Å². The molecule has 80 valence electrons. The molecule has 0 saturated carbocycles. The Morgan fingerprint density at radius 2 is 1.50 bits per heavy atom. The van der Waals surface area contributed by atoms with E-state index in [0.717, 1.165) is 4.47 Å². The van der Waals surface area contributed by atoms with Crippen LogP contribution in [0.3, 0.4) is 0 Å². The lowest BCUT2D eigenvalue weighted by molar-refractivity contribution is 0.358. The molecule has 0 radical (unpaired) electrons. The van der Waals surface area contributed by atoms with Crippen LogP contribution in [0.2, 0.25) is 5.02 Å². The van der Waals surface area contributed by atoms with E-state index >= 15 is 0 Å². The van der Waals surface area contributed by atoms with Crippen LogP contribution in [-0.4, -0.2) is 0 Å². The summed E-state index contributed by atoms with van der Waals surface area (Å²) in [7, 11) is 0. The smallest absolute Gasteiger partial charge is 0.189 e. The number of fused-ring (bicyclic) bond motifs is 2. The van der Waals surface area contributed by atoms with Crippen molar-refractivity contribution in [1.82, 2.24) is 0 Å². The van der Waals surface area contributed by atoms with Crippen LogP contribution in [0.5, 0.6) is 23.0 Å². The second-order valence-corrected chi connectivity index (χ2v) is 4.60. The Morgan fingerprint density at radius 1 is 0.875 bits per heavy atom. The van der Waals surface area contributed by atoms with Crippen LogP contribution in [0.15, 0.2) is 40.9 Å². The third-order valence-electron chi connectivity index (χ3n) is 2.29. The molecule has 3 rings (SSSR count). The monoisotopic (exact) mass is 296 g/mol. The van der Waals surface area contributed by atoms with Gasteiger partial charge < -0.3 is 9.47 Å². The maximum Gasteiger partial charge on any atom is 0.189 e. The minimum atomic E-state index is 0.535. The molecule has 0 atom stereocenters. The quantitative estimate of drug-likeness (QED) is 0.581. The summed E-state index contributed by atoms with van der Waals surface area (Å²) in [6.07, 6.45) is 0. The van der Waals surface area contributed by atoms with Gasteiger partial charge in [0.05, 0.1) is 9.50 Å². The van der Waals surface area contributed by atoms with Crippen molar-refractivity contribution in [2.24, 2.45) is 0 Å². The highest BCUT2D eigenvalue weighted by Gasteiger charge is 2.22. The maximum atomic E-state index is 6.05. The molecule has 0 fully saturated rings. The molecule has 0 bridgehead atoms. The largest absolute Gasteiger partial charge is 0.448 e. The molecule has 2 aromatic carbocycles. The standard InChI is InChI=1S/C12H6BrClO2/c13-7-5-6-8(14)12-11(7)15-9-3-1-2-4-10(9)16-12/h1-6H. The minimum absolute atomic E-state index is 0.535. The number of para-hydroxylation sites is 2. The van der Waals surface area contributed by atoms with Crippen LogP contribution in [-0.2, 0) is 0 Å². The first-order valence-corrected chi connectivity index (χ1v) is 5.85. The number of benzene rings is 2. The third-order valence-corrected chi connectivity index (χ3v) is 3.21. The van der Waals surface area contributed by atoms with Crippen LogP contribution >= 0.6 is 27.5 Å². The van der Waals surface area contributed by atoms with Crippen LogP contribution in [0.25, 0.3) is 0 Å². The van der Waals surface area contributed by atoms with Gasteiger partial charge in [-0.05, 0) is 40.2 Å². The second kappa shape index (κ2) is 3.68. The average Bonchev–Trinajstić information content (AvgIpc) is 2.32. The fraction of sp³-hybridized carbons (Fsp3) is 0. The average molecular weight is 298 g/mol. The number of rotatable bonds is 0. The predicted molar refractivity (Wildman–Crippen MR) is 65.7 cm³/mol. The molecule has 1 aliphatic rings. The lowest BCUT2D eigenvalue weighted by Gasteiger charge is -2.21. The van der Waals surface area contributed by atoms with Crippen molar-refractivity contribution in [3.8, 4) is 23.0 Å². The lowest BCUT2D eigenvalue weighted by Crippen LogP contribution is -1.99. The van der Waals surface area contributed by atoms with E-state index in [1.54, 1.807) is 6.07 Å². The van der Waals surface area contributed by atoms with Gasteiger partial charge in [0.15, 0.2) is 23.0 Å². The zero-order valence-electron chi connectivity index (χ0n) is 8.04. The Bertz CT molecular complexity index is 519. The molecule has 2 nitrogen and oxygen atoms in total. The summed E-state index contributed by atoms with van der Waals surface area (Å²) >= 11 is 9.46. The van der Waals surface area contributed by atoms with E-state index in [1.807, 2.05) is 30.3 Å². The van der Waals surface area contributed by atoms with Gasteiger partial charge in [0.2, 0.25) is 0 Å². The molecule has 1 heterocycles. The summed E-state index contributed by atoms with van der Waals surface area (Å²) < 4.78 is 12.3. The van der Waals surface area contributed by atoms with E-state index in [-0.39, 0.29) is 0 Å². The molecule has 4 heteroatoms. The number of hydrogen-bond acceptors (Lipinski definition) is 2. The number of ether oxygens (including phenoxy) is 2. The Morgan fingerprint density at radius 3 is 2.19 bits per heavy atom. The Balaban J connectivity index is 2.19. The highest BCUT2D eigenvalue weighted by molar-refractivity contribution is 9.10. The van der Waals surface area contributed by atoms with Gasteiger partial charge in [0.25, 0.3) is 0 Å². The second-order valence-electron chi connectivity index (χ2n) is 3.34. The summed E-state index contributed by atoms with van der Waals surface area (Å²) in [6.45, 7) is 0. The summed E-state index contributed by atoms with van der Waals surface area (Å²) in [6, 6.07) is 11.1. The molecule has 16 heavy (non-hydrogen) atoms. The summed E-state index contributed by atoms with van der Waals surface area (Å²) in [5.41, 5.74) is 0. The predicted octanol–water partition coefficient (Wildman–Crippen LogP) is 5.00. The molecular formula is C12H6BrClO2. The third kappa shape index (κ3) is 1.47. The van der Waals surface area contributed by atoms with Crippen LogP contribution in [0.4, 0.5) is 0 Å². The Hall–Kier alpha value is -1.19. The number of hydrogen-bond donors (Lipinski definition) is 0. The molecule has 0 unspecified atom stereocenters. The number of halogens is 2. The van der Waals surface area contributed by atoms with E-state index < -0.39 is 0 Å². The molecule has 1 aliphatic heterocycles. The van der Waals surface area contributed by atoms with Gasteiger partial charge in [-0.2, -0.15) is 0 Å². The molecular weight excluding hydrogens is 291 g/mol. The van der Waals surface area contributed by atoms with Crippen molar-refractivity contribution < 1.29 is 9.47 Å². The van der Waals surface area contributed by atoms with E-state index in [1.165, 1.54) is 0 Å². The van der Waals surface area contributed by atoms with Crippen molar-refractivity contribution in [3.63, 3.8) is 0 Å². The molecule has 0 amide bonds. The molecule has 0 aromatic heterocycles. The highest BCUT2D eigenvalue weighted by atomic mass is 79.9. The fourth-order valence-corrected chi connectivity index (χ4v) is 2.12. The maximum absolute atomic E-state index is 6.05. The zero-order chi connectivity index (χ0) is 11.1. The van der Waals surface area contributed by atoms with Gasteiger partial charge in [-0.25, -0.2) is 0 Å². The first-order chi connectivity index (χ1) is 7.75. The van der Waals surface area contributed by atoms with Gasteiger partial charge in [0, 0.05) is 0 Å². The van der Waals surface area contributed by atoms with Crippen molar-refractivity contribution in [1.29, 1.82) is 0 Å². The van der Waals surface area contributed by atoms with E-state index in [0.29, 0.717) is 28.0 Å². The van der Waals surface area contributed by atoms with E-state index in [9.17, 15) is 0 Å². The Labute approximate surface area is 106 Å². The first kappa shape index (κ1) is 10.00.